The predicted octanol–water partition coefficient (Wildman–Crippen LogP) is 2.04. The molecule has 1 atom stereocenters. The highest BCUT2D eigenvalue weighted by Gasteiger charge is 2.15. The molecule has 1 aromatic heterocycles. The van der Waals surface area contributed by atoms with Gasteiger partial charge in [0.1, 0.15) is 5.82 Å². The monoisotopic (exact) mass is 429 g/mol. The van der Waals surface area contributed by atoms with Crippen molar-refractivity contribution in [2.75, 3.05) is 20.2 Å². The van der Waals surface area contributed by atoms with Crippen molar-refractivity contribution in [1.29, 1.82) is 0 Å². The van der Waals surface area contributed by atoms with E-state index in [0.717, 1.165) is 48.8 Å². The van der Waals surface area contributed by atoms with E-state index in [2.05, 4.69) is 31.2 Å². The Hall–Kier alpha value is -1.35. The van der Waals surface area contributed by atoms with Gasteiger partial charge in [0.05, 0.1) is 23.7 Å². The molecule has 0 radical (unpaired) electrons. The molecule has 23 heavy (non-hydrogen) atoms. The molecule has 1 aliphatic heterocycles. The summed E-state index contributed by atoms with van der Waals surface area (Å²) in [5.41, 5.74) is 2.16. The van der Waals surface area contributed by atoms with E-state index in [0.29, 0.717) is 12.6 Å². The largest absolute Gasteiger partial charge is 0.376 e. The SMILES string of the molecule is CN=C(NCc1nc2ccccc2n1C)NCC1CCCO1.I. The number of halogens is 1. The zero-order valence-electron chi connectivity index (χ0n) is 13.6. The second-order valence-corrected chi connectivity index (χ2v) is 5.52. The fourth-order valence-electron chi connectivity index (χ4n) is 2.75. The molecule has 2 N–H and O–H groups in total. The number of nitrogens with zero attached hydrogens (tertiary/aromatic N) is 3. The number of para-hydroxylation sites is 2. The Morgan fingerprint density at radius 2 is 2.22 bits per heavy atom. The van der Waals surface area contributed by atoms with Crippen molar-refractivity contribution in [2.24, 2.45) is 12.0 Å². The van der Waals surface area contributed by atoms with Crippen molar-refractivity contribution in [1.82, 2.24) is 20.2 Å². The van der Waals surface area contributed by atoms with Crippen LogP contribution in [0.15, 0.2) is 29.3 Å². The molecule has 0 amide bonds. The molecule has 1 unspecified atom stereocenters. The molecule has 6 nitrogen and oxygen atoms in total. The molecule has 0 bridgehead atoms. The van der Waals surface area contributed by atoms with Crippen LogP contribution in [0, 0.1) is 0 Å². The molecule has 3 rings (SSSR count). The van der Waals surface area contributed by atoms with Crippen molar-refractivity contribution >= 4 is 41.0 Å². The van der Waals surface area contributed by atoms with E-state index >= 15 is 0 Å². The second kappa shape index (κ2) is 8.49. The quantitative estimate of drug-likeness (QED) is 0.444. The number of hydrogen-bond acceptors (Lipinski definition) is 3. The highest BCUT2D eigenvalue weighted by molar-refractivity contribution is 14.0. The van der Waals surface area contributed by atoms with Crippen LogP contribution in [0.1, 0.15) is 18.7 Å². The van der Waals surface area contributed by atoms with Gasteiger partial charge in [0, 0.05) is 27.2 Å². The number of aromatic nitrogens is 2. The highest BCUT2D eigenvalue weighted by atomic mass is 127. The first kappa shape index (κ1) is 18.0. The van der Waals surface area contributed by atoms with Gasteiger partial charge in [-0.2, -0.15) is 0 Å². The fraction of sp³-hybridized carbons (Fsp3) is 0.500. The third-order valence-corrected chi connectivity index (χ3v) is 4.04. The van der Waals surface area contributed by atoms with Crippen LogP contribution in [-0.2, 0) is 18.3 Å². The first-order chi connectivity index (χ1) is 10.8. The van der Waals surface area contributed by atoms with Crippen molar-refractivity contribution in [3.8, 4) is 0 Å². The molecule has 1 aliphatic rings. The molecule has 1 saturated heterocycles. The lowest BCUT2D eigenvalue weighted by Crippen LogP contribution is -2.41. The molecule has 0 spiro atoms. The maximum atomic E-state index is 5.61. The minimum Gasteiger partial charge on any atom is -0.376 e. The number of hydrogen-bond donors (Lipinski definition) is 2. The summed E-state index contributed by atoms with van der Waals surface area (Å²) in [4.78, 5) is 8.90. The third kappa shape index (κ3) is 4.35. The zero-order valence-corrected chi connectivity index (χ0v) is 15.9. The van der Waals surface area contributed by atoms with Gasteiger partial charge in [-0.1, -0.05) is 12.1 Å². The summed E-state index contributed by atoms with van der Waals surface area (Å²) in [6, 6.07) is 8.15. The van der Waals surface area contributed by atoms with Gasteiger partial charge in [-0.3, -0.25) is 4.99 Å². The first-order valence-electron chi connectivity index (χ1n) is 7.74. The summed E-state index contributed by atoms with van der Waals surface area (Å²) in [6.45, 7) is 2.30. The van der Waals surface area contributed by atoms with Crippen LogP contribution in [0.25, 0.3) is 11.0 Å². The van der Waals surface area contributed by atoms with E-state index in [4.69, 9.17) is 4.74 Å². The summed E-state index contributed by atoms with van der Waals surface area (Å²) in [5.74, 6) is 1.77. The number of benzene rings is 1. The van der Waals surface area contributed by atoms with Gasteiger partial charge in [-0.25, -0.2) is 4.98 Å². The molecular weight excluding hydrogens is 405 g/mol. The number of guanidine groups is 1. The van der Waals surface area contributed by atoms with Gasteiger partial charge in [0.15, 0.2) is 5.96 Å². The lowest BCUT2D eigenvalue weighted by atomic mass is 10.2. The molecule has 2 heterocycles. The minimum absolute atomic E-state index is 0. The lowest BCUT2D eigenvalue weighted by molar-refractivity contribution is 0.114. The summed E-state index contributed by atoms with van der Waals surface area (Å²) >= 11 is 0. The molecule has 126 valence electrons. The Morgan fingerprint density at radius 3 is 2.91 bits per heavy atom. The summed E-state index contributed by atoms with van der Waals surface area (Å²) in [7, 11) is 3.81. The number of rotatable bonds is 4. The standard InChI is InChI=1S/C16H23N5O.HI/c1-17-16(18-10-12-6-5-9-22-12)19-11-15-20-13-7-3-4-8-14(13)21(15)2;/h3-4,7-8,12H,5-6,9-11H2,1-2H3,(H2,17,18,19);1H. The molecule has 0 aliphatic carbocycles. The zero-order chi connectivity index (χ0) is 15.4. The van der Waals surface area contributed by atoms with Crippen LogP contribution in [0.2, 0.25) is 0 Å². The molecular formula is C16H24IN5O. The Balaban J connectivity index is 0.00000192. The Morgan fingerprint density at radius 1 is 1.39 bits per heavy atom. The summed E-state index contributed by atoms with van der Waals surface area (Å²) in [5, 5.41) is 6.62. The van der Waals surface area contributed by atoms with E-state index in [9.17, 15) is 0 Å². The first-order valence-corrected chi connectivity index (χ1v) is 7.74. The summed E-state index contributed by atoms with van der Waals surface area (Å²) < 4.78 is 7.71. The summed E-state index contributed by atoms with van der Waals surface area (Å²) in [6.07, 6.45) is 2.57. The van der Waals surface area contributed by atoms with E-state index in [1.165, 1.54) is 0 Å². The van der Waals surface area contributed by atoms with Crippen LogP contribution in [0.3, 0.4) is 0 Å². The van der Waals surface area contributed by atoms with Gasteiger partial charge in [0.2, 0.25) is 0 Å². The molecule has 2 aromatic rings. The van der Waals surface area contributed by atoms with Gasteiger partial charge in [-0.15, -0.1) is 24.0 Å². The molecule has 0 saturated carbocycles. The van der Waals surface area contributed by atoms with Crippen LogP contribution >= 0.6 is 24.0 Å². The van der Waals surface area contributed by atoms with E-state index < -0.39 is 0 Å². The number of nitrogens with one attached hydrogen (secondary N) is 2. The van der Waals surface area contributed by atoms with Crippen molar-refractivity contribution in [3.05, 3.63) is 30.1 Å². The van der Waals surface area contributed by atoms with E-state index in [1.807, 2.05) is 25.2 Å². The molecule has 1 fully saturated rings. The highest BCUT2D eigenvalue weighted by Crippen LogP contribution is 2.14. The van der Waals surface area contributed by atoms with Crippen LogP contribution in [0.5, 0.6) is 0 Å². The van der Waals surface area contributed by atoms with Crippen LogP contribution in [0.4, 0.5) is 0 Å². The normalized spacial score (nSPS) is 18.0. The number of fused-ring (bicyclic) bond motifs is 1. The van der Waals surface area contributed by atoms with Crippen molar-refractivity contribution in [2.45, 2.75) is 25.5 Å². The minimum atomic E-state index is 0. The smallest absolute Gasteiger partial charge is 0.191 e. The van der Waals surface area contributed by atoms with E-state index in [1.54, 1.807) is 7.05 Å². The number of ether oxygens (including phenoxy) is 1. The van der Waals surface area contributed by atoms with Crippen molar-refractivity contribution in [3.63, 3.8) is 0 Å². The molecule has 1 aromatic carbocycles. The predicted molar refractivity (Wildman–Crippen MR) is 103 cm³/mol. The van der Waals surface area contributed by atoms with Gasteiger partial charge >= 0.3 is 0 Å². The topological polar surface area (TPSA) is 63.5 Å². The number of aryl methyl sites for hydroxylation is 1. The van der Waals surface area contributed by atoms with Crippen LogP contribution in [-0.4, -0.2) is 41.8 Å². The van der Waals surface area contributed by atoms with E-state index in [-0.39, 0.29) is 24.0 Å². The maximum absolute atomic E-state index is 5.61. The van der Waals surface area contributed by atoms with Crippen LogP contribution < -0.4 is 10.6 Å². The fourth-order valence-corrected chi connectivity index (χ4v) is 2.75. The Kier molecular flexibility index (Phi) is 6.64. The Labute approximate surface area is 153 Å². The average molecular weight is 429 g/mol. The van der Waals surface area contributed by atoms with Gasteiger partial charge in [-0.05, 0) is 25.0 Å². The lowest BCUT2D eigenvalue weighted by Gasteiger charge is -2.14. The van der Waals surface area contributed by atoms with Crippen molar-refractivity contribution < 1.29 is 4.74 Å². The number of imidazole rings is 1. The van der Waals surface area contributed by atoms with Gasteiger partial charge in [0.25, 0.3) is 0 Å². The number of aliphatic imine (C=N–C) groups is 1. The average Bonchev–Trinajstić information content (AvgIpc) is 3.17. The Bertz CT molecular complexity index is 664. The van der Waals surface area contributed by atoms with Gasteiger partial charge < -0.3 is 19.9 Å². The second-order valence-electron chi connectivity index (χ2n) is 5.52. The maximum Gasteiger partial charge on any atom is 0.191 e. The molecule has 7 heteroatoms. The third-order valence-electron chi connectivity index (χ3n) is 4.04.